The molecule has 0 aromatic rings. The Bertz CT molecular complexity index is 417. The van der Waals surface area contributed by atoms with Crippen LogP contribution < -0.4 is 11.2 Å². The lowest BCUT2D eigenvalue weighted by Gasteiger charge is -2.32. The molecule has 0 heterocycles. The Kier molecular flexibility index (Phi) is 4.70. The van der Waals surface area contributed by atoms with Gasteiger partial charge in [0.25, 0.3) is 0 Å². The molecule has 0 atom stereocenters. The molecule has 0 saturated heterocycles. The molecule has 0 aromatic carbocycles. The summed E-state index contributed by atoms with van der Waals surface area (Å²) in [5, 5.41) is 3.86. The van der Waals surface area contributed by atoms with Crippen LogP contribution in [0.25, 0.3) is 0 Å². The van der Waals surface area contributed by atoms with Gasteiger partial charge < -0.3 is 5.73 Å². The van der Waals surface area contributed by atoms with Gasteiger partial charge in [0.15, 0.2) is 0 Å². The number of nitrogens with zero attached hydrogens (tertiary/aromatic N) is 1. The first-order chi connectivity index (χ1) is 8.33. The number of primary amides is 1. The molecule has 18 heavy (non-hydrogen) atoms. The summed E-state index contributed by atoms with van der Waals surface area (Å²) in [5.41, 5.74) is 10.9. The van der Waals surface area contributed by atoms with E-state index < -0.39 is 6.03 Å². The van der Waals surface area contributed by atoms with Gasteiger partial charge in [-0.25, -0.2) is 10.2 Å². The Hall–Kier alpha value is -1.58. The summed E-state index contributed by atoms with van der Waals surface area (Å²) in [6.45, 7) is 8.56. The van der Waals surface area contributed by atoms with Crippen molar-refractivity contribution in [1.29, 1.82) is 0 Å². The fraction of sp³-hybridized carbons (Fsp3) is 0.571. The smallest absolute Gasteiger partial charge is 0.332 e. The molecular formula is C14H23N3O. The highest BCUT2D eigenvalue weighted by molar-refractivity contribution is 5.93. The Labute approximate surface area is 109 Å². The summed E-state index contributed by atoms with van der Waals surface area (Å²) in [5.74, 6) is 0. The summed E-state index contributed by atoms with van der Waals surface area (Å²) < 4.78 is 0. The number of rotatable bonds is 3. The zero-order valence-corrected chi connectivity index (χ0v) is 11.7. The van der Waals surface area contributed by atoms with E-state index in [0.29, 0.717) is 0 Å². The summed E-state index contributed by atoms with van der Waals surface area (Å²) >= 11 is 0. The van der Waals surface area contributed by atoms with E-state index in [1.807, 2.05) is 13.0 Å². The van der Waals surface area contributed by atoms with Gasteiger partial charge in [0.05, 0.1) is 5.71 Å². The van der Waals surface area contributed by atoms with Crippen LogP contribution in [0.1, 0.15) is 47.0 Å². The summed E-state index contributed by atoms with van der Waals surface area (Å²) in [4.78, 5) is 10.5. The predicted octanol–water partition coefficient (Wildman–Crippen LogP) is 3.11. The van der Waals surface area contributed by atoms with Gasteiger partial charge in [-0.05, 0) is 50.2 Å². The maximum atomic E-state index is 10.5. The second-order valence-corrected chi connectivity index (χ2v) is 5.49. The van der Waals surface area contributed by atoms with Gasteiger partial charge in [-0.2, -0.15) is 5.10 Å². The second-order valence-electron chi connectivity index (χ2n) is 5.49. The third kappa shape index (κ3) is 4.02. The van der Waals surface area contributed by atoms with E-state index in [1.54, 1.807) is 0 Å². The Morgan fingerprint density at radius 3 is 2.72 bits per heavy atom. The number of nitrogens with two attached hydrogens (primary N) is 1. The van der Waals surface area contributed by atoms with Crippen LogP contribution in [-0.2, 0) is 0 Å². The standard InChI is InChI=1S/C14H23N3O/c1-10-6-5-9-14(3,4)12(10)8-7-11(2)16-17-13(15)18/h7-8H,5-6,9H2,1-4H3,(H3,15,17,18). The number of carbonyl (C=O) groups excluding carboxylic acids is 1. The van der Waals surface area contributed by atoms with Crippen molar-refractivity contribution in [2.75, 3.05) is 0 Å². The number of nitrogens with one attached hydrogen (secondary N) is 1. The van der Waals surface area contributed by atoms with Crippen LogP contribution in [-0.4, -0.2) is 11.7 Å². The molecule has 4 nitrogen and oxygen atoms in total. The topological polar surface area (TPSA) is 67.5 Å². The molecule has 0 unspecified atom stereocenters. The van der Waals surface area contributed by atoms with Crippen LogP contribution in [0.5, 0.6) is 0 Å². The molecule has 0 bridgehead atoms. The minimum Gasteiger partial charge on any atom is -0.350 e. The number of urea groups is 1. The van der Waals surface area contributed by atoms with Gasteiger partial charge in [0.2, 0.25) is 0 Å². The van der Waals surface area contributed by atoms with Crippen LogP contribution in [0.4, 0.5) is 4.79 Å². The van der Waals surface area contributed by atoms with Crippen molar-refractivity contribution >= 4 is 11.7 Å². The number of hydrogen-bond donors (Lipinski definition) is 2. The van der Waals surface area contributed by atoms with E-state index in [-0.39, 0.29) is 5.41 Å². The average Bonchev–Trinajstić information content (AvgIpc) is 2.24. The van der Waals surface area contributed by atoms with E-state index >= 15 is 0 Å². The summed E-state index contributed by atoms with van der Waals surface area (Å²) in [6.07, 6.45) is 7.66. The van der Waals surface area contributed by atoms with Crippen LogP contribution in [0.3, 0.4) is 0 Å². The quantitative estimate of drug-likeness (QED) is 0.585. The van der Waals surface area contributed by atoms with E-state index in [4.69, 9.17) is 5.73 Å². The zero-order chi connectivity index (χ0) is 13.8. The molecule has 0 aliphatic heterocycles. The SMILES string of the molecule is CC(C=CC1=C(C)CCCC1(C)C)=NNC(N)=O. The minimum absolute atomic E-state index is 0.218. The highest BCUT2D eigenvalue weighted by Crippen LogP contribution is 2.40. The minimum atomic E-state index is -0.642. The summed E-state index contributed by atoms with van der Waals surface area (Å²) in [7, 11) is 0. The fourth-order valence-electron chi connectivity index (χ4n) is 2.39. The lowest BCUT2D eigenvalue weighted by Crippen LogP contribution is -2.25. The molecule has 1 rings (SSSR count). The van der Waals surface area contributed by atoms with Gasteiger partial charge in [0.1, 0.15) is 0 Å². The Balaban J connectivity index is 2.82. The molecular weight excluding hydrogens is 226 g/mol. The van der Waals surface area contributed by atoms with Crippen molar-refractivity contribution in [3.8, 4) is 0 Å². The van der Waals surface area contributed by atoms with Gasteiger partial charge >= 0.3 is 6.03 Å². The van der Waals surface area contributed by atoms with Crippen molar-refractivity contribution in [3.05, 3.63) is 23.3 Å². The highest BCUT2D eigenvalue weighted by atomic mass is 16.2. The largest absolute Gasteiger partial charge is 0.350 e. The van der Waals surface area contributed by atoms with E-state index in [9.17, 15) is 4.79 Å². The van der Waals surface area contributed by atoms with Crippen molar-refractivity contribution in [1.82, 2.24) is 5.43 Å². The van der Waals surface area contributed by atoms with Crippen molar-refractivity contribution < 1.29 is 4.79 Å². The molecule has 1 aliphatic carbocycles. The monoisotopic (exact) mass is 249 g/mol. The lowest BCUT2D eigenvalue weighted by atomic mass is 9.72. The summed E-state index contributed by atoms with van der Waals surface area (Å²) in [6, 6.07) is -0.642. The van der Waals surface area contributed by atoms with Crippen LogP contribution in [0, 0.1) is 5.41 Å². The van der Waals surface area contributed by atoms with Crippen molar-refractivity contribution in [3.63, 3.8) is 0 Å². The normalized spacial score (nSPS) is 20.3. The Morgan fingerprint density at radius 1 is 1.50 bits per heavy atom. The van der Waals surface area contributed by atoms with E-state index in [0.717, 1.165) is 5.71 Å². The van der Waals surface area contributed by atoms with E-state index in [2.05, 4.69) is 37.4 Å². The zero-order valence-electron chi connectivity index (χ0n) is 11.7. The van der Waals surface area contributed by atoms with Gasteiger partial charge in [-0.1, -0.05) is 25.5 Å². The van der Waals surface area contributed by atoms with Gasteiger partial charge in [-0.15, -0.1) is 0 Å². The maximum absolute atomic E-state index is 10.5. The maximum Gasteiger partial charge on any atom is 0.332 e. The molecule has 100 valence electrons. The van der Waals surface area contributed by atoms with Gasteiger partial charge in [-0.3, -0.25) is 0 Å². The fourth-order valence-corrected chi connectivity index (χ4v) is 2.39. The molecule has 2 amide bonds. The highest BCUT2D eigenvalue weighted by Gasteiger charge is 2.26. The third-order valence-corrected chi connectivity index (χ3v) is 3.38. The third-order valence-electron chi connectivity index (χ3n) is 3.38. The molecule has 0 aromatic heterocycles. The van der Waals surface area contributed by atoms with Crippen LogP contribution >= 0.6 is 0 Å². The number of hydrazone groups is 1. The van der Waals surface area contributed by atoms with Crippen molar-refractivity contribution in [2.24, 2.45) is 16.3 Å². The number of hydrogen-bond acceptors (Lipinski definition) is 2. The van der Waals surface area contributed by atoms with E-state index in [1.165, 1.54) is 30.4 Å². The lowest BCUT2D eigenvalue weighted by molar-refractivity contribution is 0.249. The second kappa shape index (κ2) is 5.85. The van der Waals surface area contributed by atoms with Crippen LogP contribution in [0.2, 0.25) is 0 Å². The molecule has 1 aliphatic rings. The Morgan fingerprint density at radius 2 is 2.17 bits per heavy atom. The first-order valence-corrected chi connectivity index (χ1v) is 6.31. The molecule has 0 saturated carbocycles. The first kappa shape index (κ1) is 14.5. The van der Waals surface area contributed by atoms with Crippen LogP contribution in [0.15, 0.2) is 28.4 Å². The number of allylic oxidation sites excluding steroid dienone is 4. The molecule has 0 spiro atoms. The van der Waals surface area contributed by atoms with Crippen molar-refractivity contribution in [2.45, 2.75) is 47.0 Å². The molecule has 4 heteroatoms. The van der Waals surface area contributed by atoms with Gasteiger partial charge in [0, 0.05) is 0 Å². The predicted molar refractivity (Wildman–Crippen MR) is 75.3 cm³/mol. The molecule has 0 fully saturated rings. The molecule has 3 N–H and O–H groups in total. The number of carbonyl (C=O) groups is 1. The first-order valence-electron chi connectivity index (χ1n) is 6.31. The number of amides is 2. The average molecular weight is 249 g/mol. The molecule has 0 radical (unpaired) electrons.